The Bertz CT molecular complexity index is 3180. The second kappa shape index (κ2) is 13.3. The number of para-hydroxylation sites is 1. The Balaban J connectivity index is 1.13. The molecule has 56 heavy (non-hydrogen) atoms. The van der Waals surface area contributed by atoms with Crippen LogP contribution < -0.4 is 0 Å². The lowest BCUT2D eigenvalue weighted by atomic mass is 9.98. The first-order valence-electron chi connectivity index (χ1n) is 18.9. The van der Waals surface area contributed by atoms with Crippen molar-refractivity contribution in [3.63, 3.8) is 0 Å². The number of hydrogen-bond acceptors (Lipinski definition) is 3. The normalized spacial score (nSPS) is 11.6. The van der Waals surface area contributed by atoms with Crippen LogP contribution in [0, 0.1) is 0 Å². The molecule has 8 aromatic carbocycles. The van der Waals surface area contributed by atoms with Crippen LogP contribution in [0.5, 0.6) is 0 Å². The van der Waals surface area contributed by atoms with E-state index in [4.69, 9.17) is 9.97 Å². The van der Waals surface area contributed by atoms with E-state index in [9.17, 15) is 0 Å². The van der Waals surface area contributed by atoms with Crippen LogP contribution in [-0.2, 0) is 0 Å². The molecule has 262 valence electrons. The van der Waals surface area contributed by atoms with Crippen molar-refractivity contribution in [3.05, 3.63) is 200 Å². The summed E-state index contributed by atoms with van der Waals surface area (Å²) in [4.78, 5) is 10.5. The zero-order chi connectivity index (χ0) is 37.0. The molecule has 0 fully saturated rings. The van der Waals surface area contributed by atoms with Crippen molar-refractivity contribution < 1.29 is 0 Å². The molecule has 0 saturated heterocycles. The summed E-state index contributed by atoms with van der Waals surface area (Å²) in [5.74, 6) is 0.709. The number of rotatable bonds is 6. The third-order valence-electron chi connectivity index (χ3n) is 10.8. The maximum absolute atomic E-state index is 5.26. The molecule has 4 heteroatoms. The predicted molar refractivity (Wildman–Crippen MR) is 236 cm³/mol. The van der Waals surface area contributed by atoms with Crippen LogP contribution >= 0.6 is 11.3 Å². The van der Waals surface area contributed by atoms with E-state index in [1.54, 1.807) is 0 Å². The standard InChI is InChI=1S/C52H33N3S/c1-4-16-34(17-5-1)37-22-12-23-38(32-37)39-25-13-26-40-41-27-14-31-48(51(41)56-50(39)40)55-46-29-11-10-24-42(46)49-43(28-15-30-47(49)55)52-53-44(35-18-6-2-7-19-35)33-45(54-52)36-20-8-3-9-21-36/h1-33H. The fraction of sp³-hybridized carbons (Fsp3) is 0. The highest BCUT2D eigenvalue weighted by molar-refractivity contribution is 7.26. The number of nitrogens with zero attached hydrogens (tertiary/aromatic N) is 3. The van der Waals surface area contributed by atoms with Gasteiger partial charge in [0.2, 0.25) is 0 Å². The number of hydrogen-bond donors (Lipinski definition) is 0. The van der Waals surface area contributed by atoms with Crippen LogP contribution in [0.2, 0.25) is 0 Å². The maximum atomic E-state index is 5.26. The van der Waals surface area contributed by atoms with E-state index < -0.39 is 0 Å². The summed E-state index contributed by atoms with van der Waals surface area (Å²) in [7, 11) is 0. The number of thiophene rings is 1. The van der Waals surface area contributed by atoms with Crippen LogP contribution in [0.3, 0.4) is 0 Å². The Morgan fingerprint density at radius 1 is 0.357 bits per heavy atom. The molecule has 0 N–H and O–H groups in total. The Morgan fingerprint density at radius 2 is 0.875 bits per heavy atom. The lowest BCUT2D eigenvalue weighted by Crippen LogP contribution is -1.97. The zero-order valence-electron chi connectivity index (χ0n) is 30.3. The summed E-state index contributed by atoms with van der Waals surface area (Å²) in [6, 6.07) is 71.3. The van der Waals surface area contributed by atoms with E-state index in [0.717, 1.165) is 44.5 Å². The minimum Gasteiger partial charge on any atom is -0.308 e. The molecular formula is C52H33N3S. The molecule has 0 unspecified atom stereocenters. The van der Waals surface area contributed by atoms with Gasteiger partial charge in [0, 0.05) is 42.9 Å². The lowest BCUT2D eigenvalue weighted by molar-refractivity contribution is 1.18. The van der Waals surface area contributed by atoms with Gasteiger partial charge in [-0.05, 0) is 52.6 Å². The molecule has 3 aromatic heterocycles. The van der Waals surface area contributed by atoms with E-state index >= 15 is 0 Å². The van der Waals surface area contributed by atoms with Crippen molar-refractivity contribution in [1.29, 1.82) is 0 Å². The van der Waals surface area contributed by atoms with Crippen LogP contribution in [0.4, 0.5) is 0 Å². The minimum absolute atomic E-state index is 0.709. The molecule has 3 nitrogen and oxygen atoms in total. The summed E-state index contributed by atoms with van der Waals surface area (Å²) in [5.41, 5.74) is 13.3. The molecule has 11 aromatic rings. The van der Waals surface area contributed by atoms with Crippen molar-refractivity contribution in [2.45, 2.75) is 0 Å². The van der Waals surface area contributed by atoms with Gasteiger partial charge in [-0.2, -0.15) is 0 Å². The average Bonchev–Trinajstić information content (AvgIpc) is 3.83. The number of aromatic nitrogens is 3. The molecule has 0 atom stereocenters. The van der Waals surface area contributed by atoms with Gasteiger partial charge in [-0.3, -0.25) is 0 Å². The SMILES string of the molecule is c1ccc(-c2cccc(-c3cccc4c3sc3c(-n5c6ccccc6c6c(-c7nc(-c8ccccc8)cc(-c8ccccc8)n7)cccc65)cccc34)c2)cc1. The van der Waals surface area contributed by atoms with Crippen LogP contribution in [0.15, 0.2) is 200 Å². The molecule has 0 aliphatic heterocycles. The topological polar surface area (TPSA) is 30.7 Å². The summed E-state index contributed by atoms with van der Waals surface area (Å²) in [6.45, 7) is 0. The van der Waals surface area contributed by atoms with Crippen molar-refractivity contribution in [2.24, 2.45) is 0 Å². The highest BCUT2D eigenvalue weighted by Gasteiger charge is 2.21. The largest absolute Gasteiger partial charge is 0.308 e. The molecule has 0 saturated carbocycles. The first kappa shape index (κ1) is 32.3. The molecule has 3 heterocycles. The van der Waals surface area contributed by atoms with E-state index in [0.29, 0.717) is 5.82 Å². The van der Waals surface area contributed by atoms with E-state index in [-0.39, 0.29) is 0 Å². The Kier molecular flexibility index (Phi) is 7.68. The second-order valence-corrected chi connectivity index (χ2v) is 15.2. The van der Waals surface area contributed by atoms with Gasteiger partial charge in [0.25, 0.3) is 0 Å². The van der Waals surface area contributed by atoms with E-state index in [2.05, 4.69) is 193 Å². The molecule has 0 amide bonds. The van der Waals surface area contributed by atoms with Crippen molar-refractivity contribution in [3.8, 4) is 61.8 Å². The molecule has 0 spiro atoms. The molecule has 0 aliphatic carbocycles. The van der Waals surface area contributed by atoms with Gasteiger partial charge in [0.1, 0.15) is 0 Å². The fourth-order valence-electron chi connectivity index (χ4n) is 8.25. The fourth-order valence-corrected chi connectivity index (χ4v) is 9.59. The molecule has 0 radical (unpaired) electrons. The zero-order valence-corrected chi connectivity index (χ0v) is 31.1. The highest BCUT2D eigenvalue weighted by Crippen LogP contribution is 2.45. The van der Waals surface area contributed by atoms with Gasteiger partial charge in [-0.1, -0.05) is 170 Å². The summed E-state index contributed by atoms with van der Waals surface area (Å²) >= 11 is 1.88. The van der Waals surface area contributed by atoms with Gasteiger partial charge < -0.3 is 4.57 Å². The minimum atomic E-state index is 0.709. The van der Waals surface area contributed by atoms with Crippen LogP contribution in [0.25, 0.3) is 104 Å². The third kappa shape index (κ3) is 5.34. The second-order valence-electron chi connectivity index (χ2n) is 14.1. The Labute approximate surface area is 328 Å². The average molecular weight is 732 g/mol. The quantitative estimate of drug-likeness (QED) is 0.170. The van der Waals surface area contributed by atoms with E-state index in [1.165, 1.54) is 53.5 Å². The third-order valence-corrected chi connectivity index (χ3v) is 12.1. The van der Waals surface area contributed by atoms with Crippen LogP contribution in [-0.4, -0.2) is 14.5 Å². The number of benzene rings is 8. The van der Waals surface area contributed by atoms with Crippen LogP contribution in [0.1, 0.15) is 0 Å². The van der Waals surface area contributed by atoms with E-state index in [1.807, 2.05) is 23.5 Å². The summed E-state index contributed by atoms with van der Waals surface area (Å²) < 4.78 is 5.00. The van der Waals surface area contributed by atoms with Gasteiger partial charge >= 0.3 is 0 Å². The van der Waals surface area contributed by atoms with Gasteiger partial charge in [-0.15, -0.1) is 11.3 Å². The molecule has 11 rings (SSSR count). The highest BCUT2D eigenvalue weighted by atomic mass is 32.1. The smallest absolute Gasteiger partial charge is 0.161 e. The summed E-state index contributed by atoms with van der Waals surface area (Å²) in [5, 5.41) is 4.85. The van der Waals surface area contributed by atoms with Crippen molar-refractivity contribution in [2.75, 3.05) is 0 Å². The monoisotopic (exact) mass is 731 g/mol. The first-order valence-corrected chi connectivity index (χ1v) is 19.7. The predicted octanol–water partition coefficient (Wildman–Crippen LogP) is 14.3. The first-order chi connectivity index (χ1) is 27.8. The molecule has 0 bridgehead atoms. The van der Waals surface area contributed by atoms with Gasteiger partial charge in [0.05, 0.1) is 32.8 Å². The van der Waals surface area contributed by atoms with Gasteiger partial charge in [0.15, 0.2) is 5.82 Å². The molecule has 0 aliphatic rings. The lowest BCUT2D eigenvalue weighted by Gasteiger charge is -2.11. The Hall–Kier alpha value is -7.14. The number of fused-ring (bicyclic) bond motifs is 6. The molecular weight excluding hydrogens is 699 g/mol. The van der Waals surface area contributed by atoms with Gasteiger partial charge in [-0.25, -0.2) is 9.97 Å². The van der Waals surface area contributed by atoms with Crippen molar-refractivity contribution >= 4 is 53.3 Å². The van der Waals surface area contributed by atoms with Crippen molar-refractivity contribution in [1.82, 2.24) is 14.5 Å². The summed E-state index contributed by atoms with van der Waals surface area (Å²) in [6.07, 6.45) is 0. The Morgan fingerprint density at radius 3 is 1.61 bits per heavy atom. The maximum Gasteiger partial charge on any atom is 0.161 e.